The van der Waals surface area contributed by atoms with Crippen LogP contribution in [0.4, 0.5) is 4.39 Å². The van der Waals surface area contributed by atoms with E-state index in [1.54, 1.807) is 24.3 Å². The zero-order valence-corrected chi connectivity index (χ0v) is 15.2. The van der Waals surface area contributed by atoms with Gasteiger partial charge in [-0.15, -0.1) is 0 Å². The fourth-order valence-corrected chi connectivity index (χ4v) is 3.85. The lowest BCUT2D eigenvalue weighted by Gasteiger charge is -2.31. The smallest absolute Gasteiger partial charge is 0.231 e. The maximum Gasteiger partial charge on any atom is 0.231 e. The first-order valence-electron chi connectivity index (χ1n) is 9.28. The largest absolute Gasteiger partial charge is 0.507 e. The van der Waals surface area contributed by atoms with Crippen molar-refractivity contribution in [2.45, 2.75) is 26.3 Å². The number of aromatic hydroxyl groups is 1. The minimum absolute atomic E-state index is 0.131. The molecule has 1 saturated heterocycles. The molecular weight excluding hydrogens is 345 g/mol. The van der Waals surface area contributed by atoms with E-state index in [1.807, 2.05) is 0 Å². The molecule has 0 radical (unpaired) electrons. The van der Waals surface area contributed by atoms with Gasteiger partial charge in [-0.25, -0.2) is 4.39 Å². The lowest BCUT2D eigenvalue weighted by Crippen LogP contribution is -2.33. The highest BCUT2D eigenvalue weighted by molar-refractivity contribution is 6.15. The number of carbonyl (C=O) groups excluding carboxylic acids is 1. The van der Waals surface area contributed by atoms with Crippen LogP contribution in [0.5, 0.6) is 11.5 Å². The molecule has 2 aliphatic rings. The van der Waals surface area contributed by atoms with E-state index in [4.69, 9.17) is 4.74 Å². The van der Waals surface area contributed by atoms with Gasteiger partial charge in [0.25, 0.3) is 0 Å². The molecule has 4 rings (SSSR count). The summed E-state index contributed by atoms with van der Waals surface area (Å²) in [4.78, 5) is 15.0. The number of nitrogens with zero attached hydrogens (tertiary/aromatic N) is 1. The number of ketones is 1. The van der Waals surface area contributed by atoms with Crippen molar-refractivity contribution in [3.63, 3.8) is 0 Å². The normalized spacial score (nSPS) is 21.3. The molecule has 1 N–H and O–H groups in total. The summed E-state index contributed by atoms with van der Waals surface area (Å²) in [5, 5.41) is 10.4. The van der Waals surface area contributed by atoms with Gasteiger partial charge in [0.15, 0.2) is 5.76 Å². The first-order chi connectivity index (χ1) is 13.0. The minimum Gasteiger partial charge on any atom is -0.507 e. The Bertz CT molecular complexity index is 922. The van der Waals surface area contributed by atoms with E-state index in [9.17, 15) is 14.3 Å². The molecule has 1 fully saturated rings. The van der Waals surface area contributed by atoms with Crippen LogP contribution in [-0.4, -0.2) is 28.9 Å². The first-order valence-corrected chi connectivity index (χ1v) is 9.28. The van der Waals surface area contributed by atoms with Crippen LogP contribution >= 0.6 is 0 Å². The van der Waals surface area contributed by atoms with Crippen LogP contribution in [0.15, 0.2) is 42.2 Å². The summed E-state index contributed by atoms with van der Waals surface area (Å²) >= 11 is 0. The van der Waals surface area contributed by atoms with Crippen LogP contribution < -0.4 is 4.74 Å². The Morgan fingerprint density at radius 1 is 1.33 bits per heavy atom. The summed E-state index contributed by atoms with van der Waals surface area (Å²) in [6.07, 6.45) is 3.88. The molecule has 2 heterocycles. The van der Waals surface area contributed by atoms with E-state index >= 15 is 0 Å². The predicted octanol–water partition coefficient (Wildman–Crippen LogP) is 4.38. The van der Waals surface area contributed by atoms with Gasteiger partial charge in [0.05, 0.1) is 11.1 Å². The highest BCUT2D eigenvalue weighted by Crippen LogP contribution is 2.40. The summed E-state index contributed by atoms with van der Waals surface area (Å²) in [5.41, 5.74) is 1.63. The number of likely N-dealkylation sites (tertiary alicyclic amines) is 1. The molecule has 2 aromatic carbocycles. The average molecular weight is 367 g/mol. The zero-order valence-electron chi connectivity index (χ0n) is 15.2. The fraction of sp³-hybridized carbons (Fsp3) is 0.318. The van der Waals surface area contributed by atoms with E-state index in [0.717, 1.165) is 19.5 Å². The first kappa shape index (κ1) is 17.7. The number of carbonyl (C=O) groups is 1. The monoisotopic (exact) mass is 367 g/mol. The Morgan fingerprint density at radius 2 is 2.19 bits per heavy atom. The number of piperidine rings is 1. The number of hydrogen-bond acceptors (Lipinski definition) is 4. The molecule has 140 valence electrons. The van der Waals surface area contributed by atoms with E-state index in [2.05, 4.69) is 11.8 Å². The number of ether oxygens (including phenoxy) is 1. The zero-order chi connectivity index (χ0) is 19.0. The second-order valence-corrected chi connectivity index (χ2v) is 7.42. The van der Waals surface area contributed by atoms with Gasteiger partial charge >= 0.3 is 0 Å². The maximum absolute atomic E-state index is 13.4. The maximum atomic E-state index is 13.4. The van der Waals surface area contributed by atoms with Crippen molar-refractivity contribution in [1.82, 2.24) is 4.90 Å². The topological polar surface area (TPSA) is 49.8 Å². The lowest BCUT2D eigenvalue weighted by atomic mass is 9.99. The summed E-state index contributed by atoms with van der Waals surface area (Å²) in [6.45, 7) is 4.69. The van der Waals surface area contributed by atoms with Gasteiger partial charge in [-0.1, -0.05) is 19.1 Å². The Kier molecular flexibility index (Phi) is 4.70. The third-order valence-electron chi connectivity index (χ3n) is 5.19. The summed E-state index contributed by atoms with van der Waals surface area (Å²) in [7, 11) is 0. The van der Waals surface area contributed by atoms with Crippen molar-refractivity contribution in [2.24, 2.45) is 5.92 Å². The number of phenolic OH excluding ortho intramolecular Hbond substituents is 1. The molecule has 0 aromatic heterocycles. The van der Waals surface area contributed by atoms with Crippen LogP contribution in [0.25, 0.3) is 6.08 Å². The number of phenols is 1. The standard InChI is InChI=1S/C22H22FNO3/c1-14-4-3-9-24(12-14)13-18-19(25)8-7-17-21(26)20(27-22(17)18)11-15-5-2-6-16(23)10-15/h2,5-8,10-11,14,25H,3-4,9,12-13H2,1H3/b20-11+. The average Bonchev–Trinajstić information content (AvgIpc) is 2.94. The van der Waals surface area contributed by atoms with Gasteiger partial charge in [0, 0.05) is 13.1 Å². The molecule has 0 aliphatic carbocycles. The summed E-state index contributed by atoms with van der Waals surface area (Å²) in [6, 6.07) is 9.13. The Morgan fingerprint density at radius 3 is 2.96 bits per heavy atom. The Hall–Kier alpha value is -2.66. The van der Waals surface area contributed by atoms with Crippen LogP contribution in [0.1, 0.15) is 41.3 Å². The SMILES string of the molecule is CC1CCCN(Cc2c(O)ccc3c2O/C(=C/c2cccc(F)c2)C3=O)C1. The van der Waals surface area contributed by atoms with Crippen molar-refractivity contribution in [3.8, 4) is 11.5 Å². The van der Waals surface area contributed by atoms with Crippen LogP contribution in [0.2, 0.25) is 0 Å². The van der Waals surface area contributed by atoms with E-state index in [0.29, 0.717) is 34.9 Å². The molecular formula is C22H22FNO3. The number of benzene rings is 2. The molecule has 27 heavy (non-hydrogen) atoms. The molecule has 0 bridgehead atoms. The van der Waals surface area contributed by atoms with Crippen molar-refractivity contribution in [3.05, 3.63) is 64.7 Å². The molecule has 0 amide bonds. The second kappa shape index (κ2) is 7.16. The van der Waals surface area contributed by atoms with Gasteiger partial charge in [-0.2, -0.15) is 0 Å². The van der Waals surface area contributed by atoms with Crippen molar-refractivity contribution in [1.29, 1.82) is 0 Å². The number of rotatable bonds is 3. The minimum atomic E-state index is -0.370. The van der Waals surface area contributed by atoms with Gasteiger partial charge < -0.3 is 9.84 Å². The quantitative estimate of drug-likeness (QED) is 0.818. The number of fused-ring (bicyclic) bond motifs is 1. The van der Waals surface area contributed by atoms with Crippen LogP contribution in [-0.2, 0) is 6.54 Å². The summed E-state index contributed by atoms with van der Waals surface area (Å²) in [5.74, 6) is 0.693. The predicted molar refractivity (Wildman–Crippen MR) is 101 cm³/mol. The fourth-order valence-electron chi connectivity index (χ4n) is 3.85. The molecule has 0 spiro atoms. The number of hydrogen-bond donors (Lipinski definition) is 1. The molecule has 4 nitrogen and oxygen atoms in total. The number of Topliss-reactive ketones (excluding diaryl/α,β-unsaturated/α-hetero) is 1. The lowest BCUT2D eigenvalue weighted by molar-refractivity contribution is 0.101. The summed E-state index contributed by atoms with van der Waals surface area (Å²) < 4.78 is 19.3. The molecule has 5 heteroatoms. The van der Waals surface area contributed by atoms with Gasteiger partial charge in [0.2, 0.25) is 5.78 Å². The van der Waals surface area contributed by atoms with Crippen LogP contribution in [0, 0.1) is 11.7 Å². The Labute approximate surface area is 157 Å². The third-order valence-corrected chi connectivity index (χ3v) is 5.19. The second-order valence-electron chi connectivity index (χ2n) is 7.42. The van der Waals surface area contributed by atoms with E-state index in [1.165, 1.54) is 24.6 Å². The third kappa shape index (κ3) is 3.60. The molecule has 1 unspecified atom stereocenters. The number of allylic oxidation sites excluding steroid dienone is 1. The van der Waals surface area contributed by atoms with Crippen molar-refractivity contribution >= 4 is 11.9 Å². The van der Waals surface area contributed by atoms with Crippen molar-refractivity contribution < 1.29 is 19.0 Å². The number of halogens is 1. The Balaban J connectivity index is 1.64. The van der Waals surface area contributed by atoms with E-state index in [-0.39, 0.29) is 23.1 Å². The van der Waals surface area contributed by atoms with Gasteiger partial charge in [-0.3, -0.25) is 9.69 Å². The molecule has 2 aliphatic heterocycles. The van der Waals surface area contributed by atoms with Crippen LogP contribution in [0.3, 0.4) is 0 Å². The molecule has 0 saturated carbocycles. The van der Waals surface area contributed by atoms with Crippen molar-refractivity contribution in [2.75, 3.05) is 13.1 Å². The van der Waals surface area contributed by atoms with E-state index < -0.39 is 0 Å². The van der Waals surface area contributed by atoms with Gasteiger partial charge in [0.1, 0.15) is 17.3 Å². The van der Waals surface area contributed by atoms with Gasteiger partial charge in [-0.05, 0) is 61.2 Å². The molecule has 1 atom stereocenters. The molecule has 2 aromatic rings. The highest BCUT2D eigenvalue weighted by atomic mass is 19.1. The highest BCUT2D eigenvalue weighted by Gasteiger charge is 2.32.